The molecule has 2 aromatic rings. The van der Waals surface area contributed by atoms with Gasteiger partial charge in [0.25, 0.3) is 5.91 Å². The number of ether oxygens (including phenoxy) is 1. The molecule has 1 aliphatic rings. The summed E-state index contributed by atoms with van der Waals surface area (Å²) in [5, 5.41) is 0. The van der Waals surface area contributed by atoms with E-state index in [4.69, 9.17) is 4.74 Å². The maximum absolute atomic E-state index is 12.7. The number of benzene rings is 2. The van der Waals surface area contributed by atoms with Crippen LogP contribution in [-0.2, 0) is 25.8 Å². The third kappa shape index (κ3) is 3.48. The number of sulfone groups is 1. The van der Waals surface area contributed by atoms with Gasteiger partial charge in [0.2, 0.25) is 0 Å². The molecule has 0 aliphatic carbocycles. The molecule has 3 rings (SSSR count). The molecule has 0 bridgehead atoms. The second kappa shape index (κ2) is 6.92. The average molecular weight is 373 g/mol. The summed E-state index contributed by atoms with van der Waals surface area (Å²) in [7, 11) is -3.59. The molecule has 1 aliphatic heterocycles. The zero-order valence-corrected chi connectivity index (χ0v) is 15.3. The fourth-order valence-corrected chi connectivity index (χ4v) is 3.90. The van der Waals surface area contributed by atoms with Crippen LogP contribution in [0.3, 0.4) is 0 Å². The standard InChI is InChI=1S/C19H19NO5S/c1-13(18(21)20-12-11-14-7-3-5-9-16(14)20)25-19(22)15-8-4-6-10-17(15)26(2,23)24/h3-10,13H,11-12H2,1-2H3/t13-/m0/s1. The van der Waals surface area contributed by atoms with E-state index in [2.05, 4.69) is 0 Å². The summed E-state index contributed by atoms with van der Waals surface area (Å²) in [6.07, 6.45) is 0.746. The van der Waals surface area contributed by atoms with Gasteiger partial charge in [-0.25, -0.2) is 13.2 Å². The van der Waals surface area contributed by atoms with E-state index in [1.54, 1.807) is 11.0 Å². The Balaban J connectivity index is 1.78. The van der Waals surface area contributed by atoms with Crippen LogP contribution in [-0.4, -0.2) is 39.2 Å². The fraction of sp³-hybridized carbons (Fsp3) is 0.263. The van der Waals surface area contributed by atoms with E-state index < -0.39 is 21.9 Å². The van der Waals surface area contributed by atoms with Gasteiger partial charge in [-0.15, -0.1) is 0 Å². The Kier molecular flexibility index (Phi) is 4.82. The SMILES string of the molecule is C[C@H](OC(=O)c1ccccc1S(C)(=O)=O)C(=O)N1CCc2ccccc21. The highest BCUT2D eigenvalue weighted by Gasteiger charge is 2.30. The minimum absolute atomic E-state index is 0.0727. The van der Waals surface area contributed by atoms with Crippen LogP contribution in [0.2, 0.25) is 0 Å². The number of carbonyl (C=O) groups excluding carboxylic acids is 2. The molecule has 1 amide bonds. The Morgan fingerprint density at radius 2 is 1.73 bits per heavy atom. The molecule has 0 saturated heterocycles. The molecule has 0 aromatic heterocycles. The lowest BCUT2D eigenvalue weighted by Gasteiger charge is -2.22. The second-order valence-electron chi connectivity index (χ2n) is 6.18. The van der Waals surface area contributed by atoms with E-state index in [0.29, 0.717) is 6.54 Å². The lowest BCUT2D eigenvalue weighted by Crippen LogP contribution is -2.39. The Morgan fingerprint density at radius 3 is 2.46 bits per heavy atom. The number of hydrogen-bond donors (Lipinski definition) is 0. The number of carbonyl (C=O) groups is 2. The van der Waals surface area contributed by atoms with Gasteiger partial charge in [-0.1, -0.05) is 30.3 Å². The van der Waals surface area contributed by atoms with Crippen LogP contribution in [0, 0.1) is 0 Å². The van der Waals surface area contributed by atoms with Gasteiger partial charge in [0.1, 0.15) is 0 Å². The summed E-state index contributed by atoms with van der Waals surface area (Å²) in [6, 6.07) is 13.4. The number of amides is 1. The largest absolute Gasteiger partial charge is 0.449 e. The summed E-state index contributed by atoms with van der Waals surface area (Å²) in [5.41, 5.74) is 1.82. The van der Waals surface area contributed by atoms with Crippen molar-refractivity contribution in [1.29, 1.82) is 0 Å². The second-order valence-corrected chi connectivity index (χ2v) is 8.17. The predicted molar refractivity (Wildman–Crippen MR) is 96.9 cm³/mol. The van der Waals surface area contributed by atoms with Crippen LogP contribution < -0.4 is 4.90 Å². The van der Waals surface area contributed by atoms with Crippen molar-refractivity contribution in [3.8, 4) is 0 Å². The van der Waals surface area contributed by atoms with Crippen molar-refractivity contribution in [2.75, 3.05) is 17.7 Å². The van der Waals surface area contributed by atoms with Gasteiger partial charge in [-0.3, -0.25) is 4.79 Å². The fourth-order valence-electron chi connectivity index (χ4n) is 3.02. The molecule has 26 heavy (non-hydrogen) atoms. The number of nitrogens with zero attached hydrogens (tertiary/aromatic N) is 1. The van der Waals surface area contributed by atoms with Gasteiger partial charge >= 0.3 is 5.97 Å². The molecule has 136 valence electrons. The predicted octanol–water partition coefficient (Wildman–Crippen LogP) is 2.22. The van der Waals surface area contributed by atoms with Crippen LogP contribution in [0.25, 0.3) is 0 Å². The number of esters is 1. The van der Waals surface area contributed by atoms with E-state index in [9.17, 15) is 18.0 Å². The van der Waals surface area contributed by atoms with E-state index in [0.717, 1.165) is 23.9 Å². The van der Waals surface area contributed by atoms with Gasteiger partial charge in [-0.2, -0.15) is 0 Å². The molecule has 0 fully saturated rings. The van der Waals surface area contributed by atoms with E-state index >= 15 is 0 Å². The monoisotopic (exact) mass is 373 g/mol. The molecule has 2 aromatic carbocycles. The lowest BCUT2D eigenvalue weighted by molar-refractivity contribution is -0.126. The summed E-state index contributed by atoms with van der Waals surface area (Å²) in [4.78, 5) is 26.6. The first-order chi connectivity index (χ1) is 12.3. The summed E-state index contributed by atoms with van der Waals surface area (Å²) in [6.45, 7) is 2.02. The van der Waals surface area contributed by atoms with Gasteiger partial charge in [0, 0.05) is 18.5 Å². The van der Waals surface area contributed by atoms with Gasteiger partial charge in [0.05, 0.1) is 10.5 Å². The zero-order valence-electron chi connectivity index (χ0n) is 14.5. The van der Waals surface area contributed by atoms with Crippen molar-refractivity contribution in [2.45, 2.75) is 24.3 Å². The first kappa shape index (κ1) is 18.1. The molecule has 0 radical (unpaired) electrons. The Bertz CT molecular complexity index is 967. The third-order valence-electron chi connectivity index (χ3n) is 4.29. The smallest absolute Gasteiger partial charge is 0.340 e. The molecule has 0 unspecified atom stereocenters. The Labute approximate surface area is 152 Å². The van der Waals surface area contributed by atoms with E-state index in [1.807, 2.05) is 24.3 Å². The van der Waals surface area contributed by atoms with Crippen molar-refractivity contribution < 1.29 is 22.7 Å². The normalized spacial score (nSPS) is 14.6. The Morgan fingerprint density at radius 1 is 1.08 bits per heavy atom. The van der Waals surface area contributed by atoms with Gasteiger partial charge in [0.15, 0.2) is 15.9 Å². The Hall–Kier alpha value is -2.67. The third-order valence-corrected chi connectivity index (χ3v) is 5.45. The number of hydrogen-bond acceptors (Lipinski definition) is 5. The molecule has 1 heterocycles. The number of anilines is 1. The zero-order chi connectivity index (χ0) is 18.9. The minimum atomic E-state index is -3.59. The highest BCUT2D eigenvalue weighted by atomic mass is 32.2. The van der Waals surface area contributed by atoms with Crippen LogP contribution in [0.1, 0.15) is 22.8 Å². The van der Waals surface area contributed by atoms with Crippen LogP contribution in [0.4, 0.5) is 5.69 Å². The lowest BCUT2D eigenvalue weighted by atomic mass is 10.2. The summed E-state index contributed by atoms with van der Waals surface area (Å²) in [5.74, 6) is -1.17. The molecule has 7 heteroatoms. The summed E-state index contributed by atoms with van der Waals surface area (Å²) >= 11 is 0. The number of para-hydroxylation sites is 1. The molecule has 6 nitrogen and oxygen atoms in total. The molecular formula is C19H19NO5S. The van der Waals surface area contributed by atoms with Crippen molar-refractivity contribution in [1.82, 2.24) is 0 Å². The molecule has 0 saturated carbocycles. The first-order valence-corrected chi connectivity index (χ1v) is 10.1. The average Bonchev–Trinajstić information content (AvgIpc) is 3.04. The topological polar surface area (TPSA) is 80.8 Å². The minimum Gasteiger partial charge on any atom is -0.449 e. The molecule has 0 N–H and O–H groups in total. The molecule has 1 atom stereocenters. The number of rotatable bonds is 4. The van der Waals surface area contributed by atoms with Crippen molar-refractivity contribution in [3.05, 3.63) is 59.7 Å². The van der Waals surface area contributed by atoms with Crippen molar-refractivity contribution in [3.63, 3.8) is 0 Å². The van der Waals surface area contributed by atoms with Gasteiger partial charge < -0.3 is 9.64 Å². The number of fused-ring (bicyclic) bond motifs is 1. The summed E-state index contributed by atoms with van der Waals surface area (Å²) < 4.78 is 28.9. The molecular weight excluding hydrogens is 354 g/mol. The van der Waals surface area contributed by atoms with Crippen LogP contribution in [0.5, 0.6) is 0 Å². The first-order valence-electron chi connectivity index (χ1n) is 8.18. The maximum Gasteiger partial charge on any atom is 0.340 e. The highest BCUT2D eigenvalue weighted by molar-refractivity contribution is 7.90. The van der Waals surface area contributed by atoms with Crippen LogP contribution >= 0.6 is 0 Å². The van der Waals surface area contributed by atoms with Crippen molar-refractivity contribution in [2.24, 2.45) is 0 Å². The van der Waals surface area contributed by atoms with Gasteiger partial charge in [-0.05, 0) is 37.1 Å². The maximum atomic E-state index is 12.7. The van der Waals surface area contributed by atoms with E-state index in [-0.39, 0.29) is 16.4 Å². The van der Waals surface area contributed by atoms with E-state index in [1.165, 1.54) is 25.1 Å². The quantitative estimate of drug-likeness (QED) is 0.768. The highest BCUT2D eigenvalue weighted by Crippen LogP contribution is 2.28. The molecule has 0 spiro atoms. The van der Waals surface area contributed by atoms with Crippen molar-refractivity contribution >= 4 is 27.4 Å². The van der Waals surface area contributed by atoms with Crippen LogP contribution in [0.15, 0.2) is 53.4 Å².